The summed E-state index contributed by atoms with van der Waals surface area (Å²) in [5.74, 6) is 7.72. The predicted molar refractivity (Wildman–Crippen MR) is 78.5 cm³/mol. The number of hydrazine groups is 1. The number of anilines is 1. The van der Waals surface area contributed by atoms with Gasteiger partial charge in [-0.3, -0.25) is 0 Å². The number of nitrogens with zero attached hydrogens (tertiary/aromatic N) is 1. The Hall–Kier alpha value is -1.23. The van der Waals surface area contributed by atoms with Crippen molar-refractivity contribution in [1.29, 1.82) is 0 Å². The third-order valence-corrected chi connectivity index (χ3v) is 3.80. The quantitative estimate of drug-likeness (QED) is 0.650. The summed E-state index contributed by atoms with van der Waals surface area (Å²) in [6, 6.07) is 13.7. The van der Waals surface area contributed by atoms with Crippen LogP contribution in [0.4, 0.5) is 5.82 Å². The normalized spacial score (nSPS) is 10.3. The van der Waals surface area contributed by atoms with Crippen LogP contribution in [-0.2, 0) is 11.5 Å². The molecule has 1 aromatic heterocycles. The zero-order valence-electron chi connectivity index (χ0n) is 9.77. The van der Waals surface area contributed by atoms with E-state index < -0.39 is 0 Å². The van der Waals surface area contributed by atoms with Gasteiger partial charge in [0.05, 0.1) is 5.69 Å². The third kappa shape index (κ3) is 3.63. The number of nitrogen functional groups attached to an aromatic ring is 1. The summed E-state index contributed by atoms with van der Waals surface area (Å²) in [5.41, 5.74) is 4.70. The monoisotopic (exact) mass is 279 g/mol. The van der Waals surface area contributed by atoms with Crippen molar-refractivity contribution in [3.63, 3.8) is 0 Å². The topological polar surface area (TPSA) is 50.9 Å². The highest BCUT2D eigenvalue weighted by atomic mass is 35.5. The molecule has 0 unspecified atom stereocenters. The first kappa shape index (κ1) is 13.2. The molecule has 0 atom stereocenters. The van der Waals surface area contributed by atoms with E-state index in [-0.39, 0.29) is 0 Å². The SMILES string of the molecule is NNc1cccc(CSCc2ccccc2Cl)n1. The van der Waals surface area contributed by atoms with Crippen LogP contribution < -0.4 is 11.3 Å². The summed E-state index contributed by atoms with van der Waals surface area (Å²) in [5, 5.41) is 0.815. The van der Waals surface area contributed by atoms with Gasteiger partial charge >= 0.3 is 0 Å². The van der Waals surface area contributed by atoms with Gasteiger partial charge in [0.1, 0.15) is 5.82 Å². The van der Waals surface area contributed by atoms with Crippen LogP contribution in [-0.4, -0.2) is 4.98 Å². The minimum atomic E-state index is 0.686. The van der Waals surface area contributed by atoms with Crippen LogP contribution in [0.1, 0.15) is 11.3 Å². The summed E-state index contributed by atoms with van der Waals surface area (Å²) in [6.45, 7) is 0. The number of hydrogen-bond acceptors (Lipinski definition) is 4. The van der Waals surface area contributed by atoms with Crippen molar-refractivity contribution in [2.24, 2.45) is 5.84 Å². The van der Waals surface area contributed by atoms with Gasteiger partial charge in [-0.05, 0) is 23.8 Å². The number of nitrogens with one attached hydrogen (secondary N) is 1. The van der Waals surface area contributed by atoms with Crippen LogP contribution in [0.2, 0.25) is 5.02 Å². The Bertz CT molecular complexity index is 519. The van der Waals surface area contributed by atoms with E-state index in [2.05, 4.69) is 10.4 Å². The van der Waals surface area contributed by atoms with E-state index in [0.29, 0.717) is 5.82 Å². The molecule has 2 aromatic rings. The molecule has 3 nitrogen and oxygen atoms in total. The Morgan fingerprint density at radius 1 is 1.11 bits per heavy atom. The first-order chi connectivity index (χ1) is 8.79. The Balaban J connectivity index is 1.90. The number of benzene rings is 1. The van der Waals surface area contributed by atoms with Crippen molar-refractivity contribution in [3.8, 4) is 0 Å². The van der Waals surface area contributed by atoms with Gasteiger partial charge < -0.3 is 5.43 Å². The van der Waals surface area contributed by atoms with Gasteiger partial charge in [0, 0.05) is 16.5 Å². The van der Waals surface area contributed by atoms with Gasteiger partial charge in [0.2, 0.25) is 0 Å². The fraction of sp³-hybridized carbons (Fsp3) is 0.154. The summed E-state index contributed by atoms with van der Waals surface area (Å²) in [6.07, 6.45) is 0. The average molecular weight is 280 g/mol. The average Bonchev–Trinajstić information content (AvgIpc) is 2.41. The van der Waals surface area contributed by atoms with Crippen LogP contribution in [0, 0.1) is 0 Å². The summed E-state index contributed by atoms with van der Waals surface area (Å²) in [4.78, 5) is 4.35. The lowest BCUT2D eigenvalue weighted by atomic mass is 10.2. The molecule has 1 heterocycles. The lowest BCUT2D eigenvalue weighted by Crippen LogP contribution is -2.08. The molecular formula is C13H14ClN3S. The molecule has 0 fully saturated rings. The lowest BCUT2D eigenvalue weighted by Gasteiger charge is -2.05. The van der Waals surface area contributed by atoms with E-state index >= 15 is 0 Å². The standard InChI is InChI=1S/C13H14ClN3S/c14-12-6-2-1-4-10(12)8-18-9-11-5-3-7-13(16-11)17-15/h1-7H,8-9,15H2,(H,16,17). The Morgan fingerprint density at radius 3 is 2.72 bits per heavy atom. The van der Waals surface area contributed by atoms with E-state index in [1.165, 1.54) is 0 Å². The Kier molecular flexibility index (Phi) is 4.87. The minimum absolute atomic E-state index is 0.686. The maximum Gasteiger partial charge on any atom is 0.140 e. The van der Waals surface area contributed by atoms with E-state index in [1.807, 2.05) is 42.5 Å². The molecule has 1 aromatic carbocycles. The number of thioether (sulfide) groups is 1. The molecule has 0 bridgehead atoms. The predicted octanol–water partition coefficient (Wildman–Crippen LogP) is 3.45. The van der Waals surface area contributed by atoms with E-state index in [9.17, 15) is 0 Å². The summed E-state index contributed by atoms with van der Waals surface area (Å²) in [7, 11) is 0. The molecule has 3 N–H and O–H groups in total. The van der Waals surface area contributed by atoms with Crippen molar-refractivity contribution in [2.75, 3.05) is 5.43 Å². The second-order valence-corrected chi connectivity index (χ2v) is 5.14. The van der Waals surface area contributed by atoms with Crippen LogP contribution in [0.15, 0.2) is 42.5 Å². The van der Waals surface area contributed by atoms with Crippen molar-refractivity contribution >= 4 is 29.2 Å². The smallest absolute Gasteiger partial charge is 0.140 e. The first-order valence-corrected chi connectivity index (χ1v) is 7.06. The van der Waals surface area contributed by atoms with Crippen LogP contribution in [0.25, 0.3) is 0 Å². The maximum atomic E-state index is 6.10. The lowest BCUT2D eigenvalue weighted by molar-refractivity contribution is 1.14. The highest BCUT2D eigenvalue weighted by Crippen LogP contribution is 2.23. The largest absolute Gasteiger partial charge is 0.308 e. The van der Waals surface area contributed by atoms with Crippen molar-refractivity contribution < 1.29 is 0 Å². The molecule has 94 valence electrons. The number of halogens is 1. The number of rotatable bonds is 5. The zero-order valence-corrected chi connectivity index (χ0v) is 11.3. The number of nitrogens with two attached hydrogens (primary N) is 1. The Labute approximate surface area is 116 Å². The van der Waals surface area contributed by atoms with Gasteiger partial charge in [0.25, 0.3) is 0 Å². The molecule has 0 radical (unpaired) electrons. The van der Waals surface area contributed by atoms with E-state index in [0.717, 1.165) is 27.8 Å². The second kappa shape index (κ2) is 6.64. The first-order valence-electron chi connectivity index (χ1n) is 5.53. The summed E-state index contributed by atoms with van der Waals surface area (Å²) >= 11 is 7.88. The second-order valence-electron chi connectivity index (χ2n) is 3.74. The van der Waals surface area contributed by atoms with Gasteiger partial charge in [-0.15, -0.1) is 0 Å². The Morgan fingerprint density at radius 2 is 1.94 bits per heavy atom. The van der Waals surface area contributed by atoms with Gasteiger partial charge in [0.15, 0.2) is 0 Å². The molecule has 18 heavy (non-hydrogen) atoms. The highest BCUT2D eigenvalue weighted by Gasteiger charge is 2.01. The number of aromatic nitrogens is 1. The highest BCUT2D eigenvalue weighted by molar-refractivity contribution is 7.97. The van der Waals surface area contributed by atoms with E-state index in [1.54, 1.807) is 11.8 Å². The molecule has 0 aliphatic carbocycles. The molecule has 5 heteroatoms. The molecule has 0 amide bonds. The van der Waals surface area contributed by atoms with Crippen molar-refractivity contribution in [3.05, 3.63) is 58.7 Å². The number of hydrogen-bond donors (Lipinski definition) is 2. The summed E-state index contributed by atoms with van der Waals surface area (Å²) < 4.78 is 0. The van der Waals surface area contributed by atoms with Crippen molar-refractivity contribution in [2.45, 2.75) is 11.5 Å². The molecule has 0 saturated heterocycles. The molecule has 0 aliphatic rings. The fourth-order valence-corrected chi connectivity index (χ4v) is 2.75. The van der Waals surface area contributed by atoms with Gasteiger partial charge in [-0.1, -0.05) is 35.9 Å². The van der Waals surface area contributed by atoms with Gasteiger partial charge in [-0.25, -0.2) is 10.8 Å². The van der Waals surface area contributed by atoms with Crippen LogP contribution >= 0.6 is 23.4 Å². The van der Waals surface area contributed by atoms with Crippen molar-refractivity contribution in [1.82, 2.24) is 4.98 Å². The molecule has 0 saturated carbocycles. The van der Waals surface area contributed by atoms with Gasteiger partial charge in [-0.2, -0.15) is 11.8 Å². The van der Waals surface area contributed by atoms with Crippen LogP contribution in [0.5, 0.6) is 0 Å². The number of pyridine rings is 1. The molecule has 2 rings (SSSR count). The molecule has 0 aliphatic heterocycles. The maximum absolute atomic E-state index is 6.10. The van der Waals surface area contributed by atoms with E-state index in [4.69, 9.17) is 17.4 Å². The van der Waals surface area contributed by atoms with Crippen LogP contribution in [0.3, 0.4) is 0 Å². The molecular weight excluding hydrogens is 266 g/mol. The zero-order chi connectivity index (χ0) is 12.8. The molecule has 0 spiro atoms. The third-order valence-electron chi connectivity index (χ3n) is 2.42. The fourth-order valence-electron chi connectivity index (χ4n) is 1.52. The minimum Gasteiger partial charge on any atom is -0.308 e.